The fourth-order valence-corrected chi connectivity index (χ4v) is 1.49. The van der Waals surface area contributed by atoms with Crippen molar-refractivity contribution in [3.63, 3.8) is 0 Å². The highest BCUT2D eigenvalue weighted by Gasteiger charge is 2.26. The van der Waals surface area contributed by atoms with Gasteiger partial charge >= 0.3 is 0 Å². The van der Waals surface area contributed by atoms with Crippen LogP contribution in [0.4, 0.5) is 5.69 Å². The Kier molecular flexibility index (Phi) is 2.02. The maximum absolute atomic E-state index is 11.4. The number of hydrazine groups is 1. The predicted octanol–water partition coefficient (Wildman–Crippen LogP) is 1.32. The minimum Gasteiger partial charge on any atom is -0.273 e. The van der Waals surface area contributed by atoms with Crippen LogP contribution in [-0.4, -0.2) is 11.9 Å². The number of carbonyl (C=O) groups excluding carboxylic acids is 1. The lowest BCUT2D eigenvalue weighted by Gasteiger charge is -2.16. The Balaban J connectivity index is 2.23. The summed E-state index contributed by atoms with van der Waals surface area (Å²) in [5.74, 6) is 0.138. The molecule has 0 aliphatic carbocycles. The molecule has 1 N–H and O–H groups in total. The summed E-state index contributed by atoms with van der Waals surface area (Å²) >= 11 is 0. The molecule has 1 heterocycles. The van der Waals surface area contributed by atoms with Gasteiger partial charge in [-0.25, -0.2) is 10.4 Å². The van der Waals surface area contributed by atoms with Gasteiger partial charge in [0.1, 0.15) is 0 Å². The third-order valence-electron chi connectivity index (χ3n) is 2.09. The molecule has 1 unspecified atom stereocenters. The van der Waals surface area contributed by atoms with Gasteiger partial charge < -0.3 is 0 Å². The molecule has 1 aromatic rings. The molecule has 0 spiro atoms. The van der Waals surface area contributed by atoms with E-state index >= 15 is 0 Å². The van der Waals surface area contributed by atoms with Gasteiger partial charge in [0, 0.05) is 12.5 Å². The zero-order chi connectivity index (χ0) is 9.26. The Labute approximate surface area is 77.3 Å². The van der Waals surface area contributed by atoms with Gasteiger partial charge in [0.25, 0.3) is 0 Å². The third kappa shape index (κ3) is 1.55. The monoisotopic (exact) mass is 176 g/mol. The molecule has 68 valence electrons. The first-order valence-corrected chi connectivity index (χ1v) is 4.41. The molecule has 0 bridgehead atoms. The normalized spacial score (nSPS) is 22.4. The van der Waals surface area contributed by atoms with Gasteiger partial charge in [0.05, 0.1) is 5.69 Å². The van der Waals surface area contributed by atoms with Crippen molar-refractivity contribution in [1.82, 2.24) is 5.43 Å². The summed E-state index contributed by atoms with van der Waals surface area (Å²) in [4.78, 5) is 11.4. The first-order valence-electron chi connectivity index (χ1n) is 4.41. The molecule has 3 heteroatoms. The molecule has 1 aliphatic heterocycles. The average molecular weight is 176 g/mol. The van der Waals surface area contributed by atoms with Crippen molar-refractivity contribution in [3.05, 3.63) is 30.3 Å². The average Bonchev–Trinajstić information content (AvgIpc) is 2.47. The fourth-order valence-electron chi connectivity index (χ4n) is 1.49. The van der Waals surface area contributed by atoms with Crippen LogP contribution in [0.3, 0.4) is 0 Å². The molecule has 1 aromatic carbocycles. The lowest BCUT2D eigenvalue weighted by Crippen LogP contribution is -2.36. The van der Waals surface area contributed by atoms with Gasteiger partial charge in [-0.05, 0) is 19.1 Å². The molecule has 3 nitrogen and oxygen atoms in total. The van der Waals surface area contributed by atoms with Crippen molar-refractivity contribution in [2.24, 2.45) is 0 Å². The molecule has 1 atom stereocenters. The first-order chi connectivity index (χ1) is 6.27. The summed E-state index contributed by atoms with van der Waals surface area (Å²) in [7, 11) is 0. The molecule has 1 aliphatic rings. The van der Waals surface area contributed by atoms with E-state index in [0.717, 1.165) is 5.69 Å². The molecule has 2 rings (SSSR count). The van der Waals surface area contributed by atoms with E-state index in [1.807, 2.05) is 37.3 Å². The molecule has 1 fully saturated rings. The van der Waals surface area contributed by atoms with E-state index in [0.29, 0.717) is 6.42 Å². The summed E-state index contributed by atoms with van der Waals surface area (Å²) in [5, 5.41) is 1.62. The van der Waals surface area contributed by atoms with E-state index in [9.17, 15) is 4.79 Å². The van der Waals surface area contributed by atoms with E-state index in [-0.39, 0.29) is 11.9 Å². The number of nitrogens with zero attached hydrogens (tertiary/aromatic N) is 1. The molecule has 1 amide bonds. The molecule has 0 saturated carbocycles. The van der Waals surface area contributed by atoms with Crippen LogP contribution < -0.4 is 10.4 Å². The Morgan fingerprint density at radius 2 is 2.08 bits per heavy atom. The lowest BCUT2D eigenvalue weighted by atomic mass is 10.2. The smallest absolute Gasteiger partial charge is 0.242 e. The van der Waals surface area contributed by atoms with Crippen molar-refractivity contribution in [1.29, 1.82) is 0 Å². The molecule has 0 radical (unpaired) electrons. The van der Waals surface area contributed by atoms with Crippen LogP contribution in [0.5, 0.6) is 0 Å². The molecule has 0 aromatic heterocycles. The van der Waals surface area contributed by atoms with Gasteiger partial charge in [0.15, 0.2) is 0 Å². The summed E-state index contributed by atoms with van der Waals surface area (Å²) in [5.41, 5.74) is 4.02. The zero-order valence-corrected chi connectivity index (χ0v) is 7.53. The van der Waals surface area contributed by atoms with Crippen LogP contribution in [0.25, 0.3) is 0 Å². The Hall–Kier alpha value is -1.35. The first kappa shape index (κ1) is 8.26. The Morgan fingerprint density at radius 1 is 1.38 bits per heavy atom. The number of nitrogens with one attached hydrogen (secondary N) is 1. The Bertz CT molecular complexity index is 310. The largest absolute Gasteiger partial charge is 0.273 e. The number of para-hydroxylation sites is 1. The van der Waals surface area contributed by atoms with Crippen LogP contribution in [0.2, 0.25) is 0 Å². The van der Waals surface area contributed by atoms with Crippen molar-refractivity contribution in [3.8, 4) is 0 Å². The number of amides is 1. The van der Waals surface area contributed by atoms with Crippen LogP contribution in [-0.2, 0) is 4.79 Å². The summed E-state index contributed by atoms with van der Waals surface area (Å²) in [6.07, 6.45) is 0.578. The zero-order valence-electron chi connectivity index (χ0n) is 7.53. The van der Waals surface area contributed by atoms with Crippen molar-refractivity contribution < 1.29 is 4.79 Å². The second kappa shape index (κ2) is 3.18. The third-order valence-corrected chi connectivity index (χ3v) is 2.09. The predicted molar refractivity (Wildman–Crippen MR) is 51.1 cm³/mol. The highest BCUT2D eigenvalue weighted by molar-refractivity contribution is 5.94. The second-order valence-corrected chi connectivity index (χ2v) is 3.30. The molecule has 1 saturated heterocycles. The number of rotatable bonds is 1. The van der Waals surface area contributed by atoms with E-state index in [2.05, 4.69) is 5.43 Å². The van der Waals surface area contributed by atoms with Crippen molar-refractivity contribution in [2.75, 3.05) is 5.01 Å². The molecular weight excluding hydrogens is 164 g/mol. The number of carbonyl (C=O) groups is 1. The standard InChI is InChI=1S/C10H12N2O/c1-8-7-10(13)12(11-8)9-5-3-2-4-6-9/h2-6,8,11H,7H2,1H3. The summed E-state index contributed by atoms with van der Waals surface area (Å²) in [6.45, 7) is 2.00. The Morgan fingerprint density at radius 3 is 2.62 bits per heavy atom. The van der Waals surface area contributed by atoms with Crippen LogP contribution in [0, 0.1) is 0 Å². The van der Waals surface area contributed by atoms with E-state index in [4.69, 9.17) is 0 Å². The van der Waals surface area contributed by atoms with Crippen LogP contribution >= 0.6 is 0 Å². The second-order valence-electron chi connectivity index (χ2n) is 3.30. The summed E-state index contributed by atoms with van der Waals surface area (Å²) in [6, 6.07) is 9.87. The SMILES string of the molecule is CC1CC(=O)N(c2ccccc2)N1. The minimum atomic E-state index is 0.138. The van der Waals surface area contributed by atoms with E-state index < -0.39 is 0 Å². The van der Waals surface area contributed by atoms with Gasteiger partial charge in [-0.15, -0.1) is 0 Å². The molecular formula is C10H12N2O. The van der Waals surface area contributed by atoms with E-state index in [1.165, 1.54) is 0 Å². The van der Waals surface area contributed by atoms with Crippen molar-refractivity contribution in [2.45, 2.75) is 19.4 Å². The van der Waals surface area contributed by atoms with Gasteiger partial charge in [-0.2, -0.15) is 0 Å². The fraction of sp³-hybridized carbons (Fsp3) is 0.300. The van der Waals surface area contributed by atoms with Gasteiger partial charge in [-0.3, -0.25) is 4.79 Å². The van der Waals surface area contributed by atoms with Crippen molar-refractivity contribution >= 4 is 11.6 Å². The maximum Gasteiger partial charge on any atom is 0.242 e. The quantitative estimate of drug-likeness (QED) is 0.699. The number of hydrogen-bond donors (Lipinski definition) is 1. The van der Waals surface area contributed by atoms with Crippen LogP contribution in [0.15, 0.2) is 30.3 Å². The topological polar surface area (TPSA) is 32.3 Å². The number of benzene rings is 1. The minimum absolute atomic E-state index is 0.138. The van der Waals surface area contributed by atoms with Gasteiger partial charge in [0.2, 0.25) is 5.91 Å². The van der Waals surface area contributed by atoms with Crippen LogP contribution in [0.1, 0.15) is 13.3 Å². The number of anilines is 1. The molecule has 13 heavy (non-hydrogen) atoms. The summed E-state index contributed by atoms with van der Waals surface area (Å²) < 4.78 is 0. The number of hydrogen-bond acceptors (Lipinski definition) is 2. The highest BCUT2D eigenvalue weighted by Crippen LogP contribution is 2.17. The lowest BCUT2D eigenvalue weighted by molar-refractivity contribution is -0.117. The highest BCUT2D eigenvalue weighted by atomic mass is 16.2. The maximum atomic E-state index is 11.4. The van der Waals surface area contributed by atoms with E-state index in [1.54, 1.807) is 5.01 Å². The van der Waals surface area contributed by atoms with Gasteiger partial charge in [-0.1, -0.05) is 18.2 Å².